The van der Waals surface area contributed by atoms with Crippen molar-refractivity contribution in [3.05, 3.63) is 76.2 Å². The number of pyridine rings is 1. The van der Waals surface area contributed by atoms with Gasteiger partial charge in [0.25, 0.3) is 15.6 Å². The molecule has 1 aliphatic rings. The van der Waals surface area contributed by atoms with E-state index >= 15 is 0 Å². The summed E-state index contributed by atoms with van der Waals surface area (Å²) in [5, 5.41) is 2.74. The molecule has 4 aromatic rings. The van der Waals surface area contributed by atoms with Crippen molar-refractivity contribution in [2.75, 3.05) is 18.9 Å². The van der Waals surface area contributed by atoms with E-state index in [1.807, 2.05) is 0 Å². The number of amides is 1. The zero-order valence-electron chi connectivity index (χ0n) is 21.5. The van der Waals surface area contributed by atoms with Gasteiger partial charge in [0.2, 0.25) is 11.8 Å². The second-order valence-electron chi connectivity index (χ2n) is 9.37. The molecule has 2 heterocycles. The molecule has 1 saturated carbocycles. The van der Waals surface area contributed by atoms with E-state index in [1.54, 1.807) is 25.2 Å². The van der Waals surface area contributed by atoms with E-state index in [-0.39, 0.29) is 44.9 Å². The van der Waals surface area contributed by atoms with Gasteiger partial charge in [-0.25, -0.2) is 22.8 Å². The summed E-state index contributed by atoms with van der Waals surface area (Å²) in [5.74, 6) is -1.10. The maximum Gasteiger partial charge on any atom is 0.263 e. The van der Waals surface area contributed by atoms with Crippen LogP contribution in [0.5, 0.6) is 5.88 Å². The van der Waals surface area contributed by atoms with Crippen LogP contribution in [0.1, 0.15) is 25.3 Å². The lowest BCUT2D eigenvalue weighted by molar-refractivity contribution is -0.125. The average Bonchev–Trinajstić information content (AvgIpc) is 3.42. The van der Waals surface area contributed by atoms with Crippen LogP contribution in [0.3, 0.4) is 0 Å². The number of aromatic nitrogens is 3. The maximum atomic E-state index is 13.5. The lowest BCUT2D eigenvalue weighted by atomic mass is 10.0. The molecule has 2 aromatic heterocycles. The molecule has 1 amide bonds. The molecule has 0 unspecified atom stereocenters. The Morgan fingerprint density at radius 3 is 2.65 bits per heavy atom. The van der Waals surface area contributed by atoms with Crippen LogP contribution in [0.2, 0.25) is 5.02 Å². The minimum Gasteiger partial charge on any atom is -0.480 e. The molecular weight excluding hydrogens is 561 g/mol. The van der Waals surface area contributed by atoms with E-state index in [2.05, 4.69) is 20.0 Å². The molecule has 5 rings (SSSR count). The molecule has 2 N–H and O–H groups in total. The van der Waals surface area contributed by atoms with Crippen LogP contribution in [0.4, 0.5) is 10.1 Å². The van der Waals surface area contributed by atoms with E-state index in [4.69, 9.17) is 16.3 Å². The maximum absolute atomic E-state index is 13.5. The molecule has 0 radical (unpaired) electrons. The number of hydrogen-bond acceptors (Lipinski definition) is 7. The number of rotatable bonds is 7. The van der Waals surface area contributed by atoms with Gasteiger partial charge in [-0.05, 0) is 54.8 Å². The average molecular weight is 586 g/mol. The van der Waals surface area contributed by atoms with Crippen molar-refractivity contribution in [1.82, 2.24) is 19.9 Å². The lowest BCUT2D eigenvalue weighted by Crippen LogP contribution is -2.35. The number of sulfonamides is 1. The first-order valence-electron chi connectivity index (χ1n) is 12.4. The number of carbonyl (C=O) groups is 1. The Hall–Kier alpha value is -4.03. The van der Waals surface area contributed by atoms with Gasteiger partial charge in [0.15, 0.2) is 0 Å². The number of hydrogen-bond donors (Lipinski definition) is 2. The minimum absolute atomic E-state index is 0.00292. The lowest BCUT2D eigenvalue weighted by Gasteiger charge is -2.20. The van der Waals surface area contributed by atoms with Crippen LogP contribution >= 0.6 is 11.6 Å². The van der Waals surface area contributed by atoms with Crippen LogP contribution in [0.25, 0.3) is 22.0 Å². The number of carbonyl (C=O) groups excluding carboxylic acids is 1. The zero-order chi connectivity index (χ0) is 28.6. The third kappa shape index (κ3) is 5.11. The predicted molar refractivity (Wildman–Crippen MR) is 148 cm³/mol. The van der Waals surface area contributed by atoms with Crippen molar-refractivity contribution < 1.29 is 22.3 Å². The molecule has 10 nitrogen and oxygen atoms in total. The summed E-state index contributed by atoms with van der Waals surface area (Å²) in [6, 6.07) is 9.25. The van der Waals surface area contributed by atoms with Crippen LogP contribution in [0.15, 0.2) is 64.7 Å². The molecule has 2 aromatic carbocycles. The van der Waals surface area contributed by atoms with Gasteiger partial charge in [0.1, 0.15) is 16.4 Å². The Morgan fingerprint density at radius 1 is 1.12 bits per heavy atom. The van der Waals surface area contributed by atoms with Gasteiger partial charge in [0, 0.05) is 24.8 Å². The van der Waals surface area contributed by atoms with Crippen molar-refractivity contribution in [2.45, 2.75) is 30.2 Å². The SMILES string of the molecule is CNC(=O)[C@@H]1CCC[C@H]1n1cnc2ccc(-c3cnc(OC)c(NS(=O)(=O)c4ccc(F)cc4Cl)c3)cc2c1=O. The van der Waals surface area contributed by atoms with E-state index < -0.39 is 15.8 Å². The number of benzene rings is 2. The van der Waals surface area contributed by atoms with Gasteiger partial charge in [0.05, 0.1) is 35.3 Å². The highest BCUT2D eigenvalue weighted by atomic mass is 35.5. The summed E-state index contributed by atoms with van der Waals surface area (Å²) in [4.78, 5) is 34.3. The summed E-state index contributed by atoms with van der Waals surface area (Å²) >= 11 is 5.98. The zero-order valence-corrected chi connectivity index (χ0v) is 23.1. The quantitative estimate of drug-likeness (QED) is 0.333. The highest BCUT2D eigenvalue weighted by molar-refractivity contribution is 7.92. The van der Waals surface area contributed by atoms with E-state index in [1.165, 1.54) is 30.3 Å². The summed E-state index contributed by atoms with van der Waals surface area (Å²) in [7, 11) is -1.31. The Balaban J connectivity index is 1.54. The molecule has 0 aliphatic heterocycles. The third-order valence-electron chi connectivity index (χ3n) is 7.01. The molecule has 0 saturated heterocycles. The van der Waals surface area contributed by atoms with Crippen molar-refractivity contribution in [3.8, 4) is 17.0 Å². The number of ether oxygens (including phenoxy) is 1. The van der Waals surface area contributed by atoms with Gasteiger partial charge in [-0.3, -0.25) is 18.9 Å². The first kappa shape index (κ1) is 27.5. The number of anilines is 1. The predicted octanol–water partition coefficient (Wildman–Crippen LogP) is 4.15. The number of halogens is 2. The van der Waals surface area contributed by atoms with Crippen LogP contribution in [-0.2, 0) is 14.8 Å². The second-order valence-corrected chi connectivity index (χ2v) is 11.4. The van der Waals surface area contributed by atoms with Gasteiger partial charge in [-0.1, -0.05) is 24.1 Å². The Labute approximate surface area is 234 Å². The summed E-state index contributed by atoms with van der Waals surface area (Å²) in [5.41, 5.74) is 1.29. The van der Waals surface area contributed by atoms with Crippen molar-refractivity contribution in [3.63, 3.8) is 0 Å². The molecule has 208 valence electrons. The molecule has 1 fully saturated rings. The van der Waals surface area contributed by atoms with Crippen molar-refractivity contribution >= 4 is 44.1 Å². The van der Waals surface area contributed by atoms with Gasteiger partial charge >= 0.3 is 0 Å². The van der Waals surface area contributed by atoms with Crippen molar-refractivity contribution in [2.24, 2.45) is 5.92 Å². The Bertz CT molecular complexity index is 1800. The molecule has 1 aliphatic carbocycles. The minimum atomic E-state index is -4.23. The fraction of sp³-hybridized carbons (Fsp3) is 0.259. The molecule has 40 heavy (non-hydrogen) atoms. The first-order valence-corrected chi connectivity index (χ1v) is 14.2. The third-order valence-corrected chi connectivity index (χ3v) is 8.86. The van der Waals surface area contributed by atoms with Crippen molar-refractivity contribution in [1.29, 1.82) is 0 Å². The van der Waals surface area contributed by atoms with E-state index in [9.17, 15) is 22.4 Å². The fourth-order valence-corrected chi connectivity index (χ4v) is 6.64. The number of nitrogens with one attached hydrogen (secondary N) is 2. The summed E-state index contributed by atoms with van der Waals surface area (Å²) in [6.45, 7) is 0. The second kappa shape index (κ2) is 10.9. The largest absolute Gasteiger partial charge is 0.480 e. The Kier molecular flexibility index (Phi) is 7.47. The molecular formula is C27H25ClFN5O5S. The number of nitrogens with zero attached hydrogens (tertiary/aromatic N) is 3. The van der Waals surface area contributed by atoms with Crippen LogP contribution < -0.4 is 20.3 Å². The van der Waals surface area contributed by atoms with E-state index in [0.717, 1.165) is 24.6 Å². The highest BCUT2D eigenvalue weighted by Gasteiger charge is 2.34. The number of methoxy groups -OCH3 is 1. The molecule has 13 heteroatoms. The molecule has 2 atom stereocenters. The summed E-state index contributed by atoms with van der Waals surface area (Å²) in [6.07, 6.45) is 5.17. The highest BCUT2D eigenvalue weighted by Crippen LogP contribution is 2.36. The summed E-state index contributed by atoms with van der Waals surface area (Å²) < 4.78 is 48.7. The van der Waals surface area contributed by atoms with Crippen LogP contribution in [-0.4, -0.2) is 43.0 Å². The van der Waals surface area contributed by atoms with Crippen LogP contribution in [0, 0.1) is 11.7 Å². The van der Waals surface area contributed by atoms with E-state index in [0.29, 0.717) is 34.9 Å². The topological polar surface area (TPSA) is 132 Å². The van der Waals surface area contributed by atoms with Gasteiger partial charge < -0.3 is 10.1 Å². The normalized spacial score (nSPS) is 17.1. The fourth-order valence-electron chi connectivity index (χ4n) is 5.06. The van der Waals surface area contributed by atoms with Gasteiger partial charge in [-0.15, -0.1) is 0 Å². The first-order chi connectivity index (χ1) is 19.1. The smallest absolute Gasteiger partial charge is 0.263 e. The number of fused-ring (bicyclic) bond motifs is 1. The van der Waals surface area contributed by atoms with Gasteiger partial charge in [-0.2, -0.15) is 0 Å². The standard InChI is InChI=1S/C27H25ClFN5O5S/c1-30-25(35)18-4-3-5-23(18)34-14-32-21-8-6-15(10-19(21)27(34)36)16-11-22(26(39-2)31-13-16)33-40(37,38)24-9-7-17(29)12-20(24)28/h6-14,18,23,33H,3-5H2,1-2H3,(H,30,35)/t18-,23-/m1/s1. The Morgan fingerprint density at radius 2 is 1.93 bits per heavy atom. The molecule has 0 bridgehead atoms. The monoisotopic (exact) mass is 585 g/mol. The molecule has 0 spiro atoms.